The molecule has 0 spiro atoms. The molecule has 5 heteroatoms. The second-order valence-corrected chi connectivity index (χ2v) is 3.86. The van der Waals surface area contributed by atoms with E-state index in [1.165, 1.54) is 0 Å². The minimum absolute atomic E-state index is 0.220. The molecule has 1 aromatic rings. The summed E-state index contributed by atoms with van der Waals surface area (Å²) in [5, 5.41) is 2.48. The fraction of sp³-hybridized carbons (Fsp3) is 0.385. The molecule has 0 atom stereocenters. The molecule has 0 saturated heterocycles. The summed E-state index contributed by atoms with van der Waals surface area (Å²) in [6.07, 6.45) is 0.241. The maximum absolute atomic E-state index is 10.9. The molecule has 0 aliphatic heterocycles. The molecule has 1 N–H and O–H groups in total. The molecule has 0 heterocycles. The quantitative estimate of drug-likeness (QED) is 0.629. The van der Waals surface area contributed by atoms with Crippen molar-refractivity contribution < 1.29 is 19.1 Å². The van der Waals surface area contributed by atoms with Gasteiger partial charge in [0.15, 0.2) is 0 Å². The van der Waals surface area contributed by atoms with Gasteiger partial charge in [0.2, 0.25) is 6.29 Å². The van der Waals surface area contributed by atoms with Gasteiger partial charge in [0, 0.05) is 12.1 Å². The van der Waals surface area contributed by atoms with Gasteiger partial charge in [0.25, 0.3) is 5.91 Å². The number of hydrogen-bond donors (Lipinski definition) is 1. The third-order valence-corrected chi connectivity index (χ3v) is 2.85. The van der Waals surface area contributed by atoms with Gasteiger partial charge in [0.05, 0.1) is 14.2 Å². The van der Waals surface area contributed by atoms with Gasteiger partial charge in [0.1, 0.15) is 11.5 Å². The van der Waals surface area contributed by atoms with Crippen LogP contribution in [0.1, 0.15) is 16.7 Å². The number of methoxy groups -OCH3 is 2. The first-order chi connectivity index (χ1) is 8.54. The Labute approximate surface area is 106 Å². The lowest BCUT2D eigenvalue weighted by molar-refractivity contribution is -0.131. The van der Waals surface area contributed by atoms with Crippen molar-refractivity contribution in [2.45, 2.75) is 20.4 Å². The van der Waals surface area contributed by atoms with Crippen LogP contribution in [0.15, 0.2) is 6.07 Å². The Morgan fingerprint density at radius 1 is 1.28 bits per heavy atom. The smallest absolute Gasteiger partial charge is 0.284 e. The van der Waals surface area contributed by atoms with Gasteiger partial charge in [-0.3, -0.25) is 9.59 Å². The molecule has 18 heavy (non-hydrogen) atoms. The standard InChI is InChI=1S/C13H17NO4/c1-8-9(2)13(18-4)10(5-11(8)17-3)6-14-12(16)7-15/h5,7H,6H2,1-4H3,(H,14,16). The molecule has 0 fully saturated rings. The number of hydrogen-bond acceptors (Lipinski definition) is 4. The predicted octanol–water partition coefficient (Wildman–Crippen LogP) is 1.14. The van der Waals surface area contributed by atoms with Gasteiger partial charge in [-0.1, -0.05) is 0 Å². The van der Waals surface area contributed by atoms with Gasteiger partial charge in [-0.05, 0) is 31.0 Å². The minimum atomic E-state index is -0.658. The Morgan fingerprint density at radius 3 is 2.44 bits per heavy atom. The van der Waals surface area contributed by atoms with Gasteiger partial charge in [-0.15, -0.1) is 0 Å². The molecule has 0 aromatic heterocycles. The molecular weight excluding hydrogens is 234 g/mol. The molecule has 0 radical (unpaired) electrons. The second-order valence-electron chi connectivity index (χ2n) is 3.86. The van der Waals surface area contributed by atoms with Crippen LogP contribution >= 0.6 is 0 Å². The van der Waals surface area contributed by atoms with E-state index in [0.29, 0.717) is 5.75 Å². The van der Waals surface area contributed by atoms with Crippen molar-refractivity contribution in [3.8, 4) is 11.5 Å². The average Bonchev–Trinajstić information content (AvgIpc) is 2.39. The summed E-state index contributed by atoms with van der Waals surface area (Å²) in [6, 6.07) is 1.80. The van der Waals surface area contributed by atoms with Crippen LogP contribution in [-0.4, -0.2) is 26.4 Å². The van der Waals surface area contributed by atoms with Gasteiger partial charge >= 0.3 is 0 Å². The molecule has 1 amide bonds. The Hall–Kier alpha value is -2.04. The van der Waals surface area contributed by atoms with Crippen molar-refractivity contribution in [1.82, 2.24) is 5.32 Å². The predicted molar refractivity (Wildman–Crippen MR) is 66.9 cm³/mol. The lowest BCUT2D eigenvalue weighted by Gasteiger charge is -2.16. The Bertz CT molecular complexity index is 469. The fourth-order valence-electron chi connectivity index (χ4n) is 1.78. The molecule has 1 aromatic carbocycles. The van der Waals surface area contributed by atoms with Crippen molar-refractivity contribution in [3.05, 3.63) is 22.8 Å². The first kappa shape index (κ1) is 14.0. The number of ether oxygens (including phenoxy) is 2. The molecular formula is C13H17NO4. The van der Waals surface area contributed by atoms with Crippen LogP contribution in [0.4, 0.5) is 0 Å². The highest BCUT2D eigenvalue weighted by molar-refractivity contribution is 6.23. The van der Waals surface area contributed by atoms with E-state index < -0.39 is 5.91 Å². The van der Waals surface area contributed by atoms with E-state index in [1.807, 2.05) is 13.8 Å². The first-order valence-corrected chi connectivity index (χ1v) is 5.49. The molecule has 0 saturated carbocycles. The highest BCUT2D eigenvalue weighted by Crippen LogP contribution is 2.33. The third kappa shape index (κ3) is 2.80. The first-order valence-electron chi connectivity index (χ1n) is 5.49. The largest absolute Gasteiger partial charge is 0.496 e. The number of benzene rings is 1. The molecule has 1 rings (SSSR count). The van der Waals surface area contributed by atoms with Crippen molar-refractivity contribution >= 4 is 12.2 Å². The van der Waals surface area contributed by atoms with Gasteiger partial charge in [-0.25, -0.2) is 0 Å². The number of carbonyl (C=O) groups excluding carboxylic acids is 2. The Balaban J connectivity index is 3.12. The zero-order chi connectivity index (χ0) is 13.7. The maximum atomic E-state index is 10.9. The summed E-state index contributed by atoms with van der Waals surface area (Å²) in [7, 11) is 3.15. The summed E-state index contributed by atoms with van der Waals surface area (Å²) in [4.78, 5) is 21.2. The zero-order valence-corrected chi connectivity index (χ0v) is 11.0. The third-order valence-electron chi connectivity index (χ3n) is 2.85. The lowest BCUT2D eigenvalue weighted by Crippen LogP contribution is -2.23. The van der Waals surface area contributed by atoms with Crippen LogP contribution < -0.4 is 14.8 Å². The molecule has 0 unspecified atom stereocenters. The zero-order valence-electron chi connectivity index (χ0n) is 11.0. The van der Waals surface area contributed by atoms with E-state index in [2.05, 4.69) is 5.32 Å². The SMILES string of the molecule is COc1cc(CNC(=O)C=O)c(OC)c(C)c1C. The monoisotopic (exact) mass is 251 g/mol. The highest BCUT2D eigenvalue weighted by atomic mass is 16.5. The molecule has 0 aliphatic carbocycles. The van der Waals surface area contributed by atoms with Crippen molar-refractivity contribution in [1.29, 1.82) is 0 Å². The summed E-state index contributed by atoms with van der Waals surface area (Å²) < 4.78 is 10.6. The highest BCUT2D eigenvalue weighted by Gasteiger charge is 2.14. The number of carbonyl (C=O) groups is 2. The van der Waals surface area contributed by atoms with Crippen molar-refractivity contribution in [2.75, 3.05) is 14.2 Å². The molecule has 0 bridgehead atoms. The van der Waals surface area contributed by atoms with E-state index in [4.69, 9.17) is 9.47 Å². The van der Waals surface area contributed by atoms with Gasteiger partial charge in [-0.2, -0.15) is 0 Å². The lowest BCUT2D eigenvalue weighted by atomic mass is 10.0. The second kappa shape index (κ2) is 6.05. The summed E-state index contributed by atoms with van der Waals surface area (Å²) in [5.41, 5.74) is 2.71. The summed E-state index contributed by atoms with van der Waals surface area (Å²) in [5.74, 6) is 0.761. The number of rotatable bonds is 5. The molecule has 5 nitrogen and oxygen atoms in total. The van der Waals surface area contributed by atoms with Crippen LogP contribution in [0.5, 0.6) is 11.5 Å². The van der Waals surface area contributed by atoms with E-state index in [0.717, 1.165) is 22.4 Å². The maximum Gasteiger partial charge on any atom is 0.284 e. The van der Waals surface area contributed by atoms with Gasteiger partial charge < -0.3 is 14.8 Å². The molecule has 0 aliphatic rings. The average molecular weight is 251 g/mol. The van der Waals surface area contributed by atoms with Crippen LogP contribution in [-0.2, 0) is 16.1 Å². The van der Waals surface area contributed by atoms with Crippen LogP contribution in [0.25, 0.3) is 0 Å². The molecule has 98 valence electrons. The van der Waals surface area contributed by atoms with Crippen LogP contribution in [0.2, 0.25) is 0 Å². The summed E-state index contributed by atoms with van der Waals surface area (Å²) in [6.45, 7) is 4.07. The van der Waals surface area contributed by atoms with Crippen LogP contribution in [0.3, 0.4) is 0 Å². The van der Waals surface area contributed by atoms with E-state index in [1.54, 1.807) is 20.3 Å². The van der Waals surface area contributed by atoms with Crippen LogP contribution in [0, 0.1) is 13.8 Å². The number of aldehydes is 1. The Morgan fingerprint density at radius 2 is 1.94 bits per heavy atom. The van der Waals surface area contributed by atoms with E-state index in [9.17, 15) is 9.59 Å². The normalized spacial score (nSPS) is 9.78. The van der Waals surface area contributed by atoms with E-state index >= 15 is 0 Å². The summed E-state index contributed by atoms with van der Waals surface area (Å²) >= 11 is 0. The number of nitrogens with one attached hydrogen (secondary N) is 1. The Kier molecular flexibility index (Phi) is 4.71. The van der Waals surface area contributed by atoms with Crippen molar-refractivity contribution in [2.24, 2.45) is 0 Å². The number of amides is 1. The van der Waals surface area contributed by atoms with Crippen molar-refractivity contribution in [3.63, 3.8) is 0 Å². The fourth-order valence-corrected chi connectivity index (χ4v) is 1.78. The topological polar surface area (TPSA) is 64.6 Å². The van der Waals surface area contributed by atoms with E-state index in [-0.39, 0.29) is 12.8 Å². The minimum Gasteiger partial charge on any atom is -0.496 e.